The zero-order chi connectivity index (χ0) is 26.4. The lowest BCUT2D eigenvalue weighted by atomic mass is 9.86. The summed E-state index contributed by atoms with van der Waals surface area (Å²) in [4.78, 5) is 25.7. The van der Waals surface area contributed by atoms with Gasteiger partial charge in [-0.05, 0) is 49.1 Å². The molecule has 0 bridgehead atoms. The van der Waals surface area contributed by atoms with E-state index in [1.165, 1.54) is 6.92 Å². The molecule has 1 aromatic heterocycles. The molecule has 6 nitrogen and oxygen atoms in total. The van der Waals surface area contributed by atoms with Crippen molar-refractivity contribution in [1.82, 2.24) is 4.57 Å². The van der Waals surface area contributed by atoms with Crippen LogP contribution in [0.15, 0.2) is 30.3 Å². The van der Waals surface area contributed by atoms with Gasteiger partial charge in [0.25, 0.3) is 5.91 Å². The summed E-state index contributed by atoms with van der Waals surface area (Å²) in [6.45, 7) is 1.38. The number of hydrogen-bond acceptors (Lipinski definition) is 4. The van der Waals surface area contributed by atoms with Crippen LogP contribution in [0.5, 0.6) is 11.5 Å². The minimum atomic E-state index is -4.93. The summed E-state index contributed by atoms with van der Waals surface area (Å²) < 4.78 is 71.6. The minimum absolute atomic E-state index is 0.0277. The molecule has 2 N–H and O–H groups in total. The molecule has 0 spiro atoms. The average molecular weight is 511 g/mol. The number of aromatic nitrogens is 1. The van der Waals surface area contributed by atoms with Crippen LogP contribution in [0.25, 0.3) is 10.9 Å². The molecule has 1 saturated carbocycles. The Hall–Kier alpha value is -3.63. The van der Waals surface area contributed by atoms with Crippen LogP contribution in [-0.4, -0.2) is 33.0 Å². The van der Waals surface area contributed by atoms with E-state index in [-0.39, 0.29) is 40.1 Å². The van der Waals surface area contributed by atoms with Crippen LogP contribution in [0.1, 0.15) is 59.6 Å². The number of alkyl halides is 3. The second kappa shape index (κ2) is 9.44. The number of phenolic OH excluding ortho intramolecular Hbond substituents is 1. The van der Waals surface area contributed by atoms with Gasteiger partial charge in [-0.2, -0.15) is 0 Å². The molecule has 2 aromatic carbocycles. The van der Waals surface area contributed by atoms with Gasteiger partial charge in [-0.25, -0.2) is 8.78 Å². The Bertz CT molecular complexity index is 1320. The second-order valence-corrected chi connectivity index (χ2v) is 8.90. The number of fused-ring (bicyclic) bond motifs is 1. The van der Waals surface area contributed by atoms with Crippen LogP contribution in [0, 0.1) is 24.5 Å². The number of benzene rings is 2. The molecule has 0 saturated heterocycles. The predicted octanol–water partition coefficient (Wildman–Crippen LogP) is 6.27. The van der Waals surface area contributed by atoms with Gasteiger partial charge in [-0.3, -0.25) is 14.2 Å². The van der Waals surface area contributed by atoms with Crippen LogP contribution < -0.4 is 4.74 Å². The zero-order valence-corrected chi connectivity index (χ0v) is 19.0. The van der Waals surface area contributed by atoms with Gasteiger partial charge in [-0.15, -0.1) is 13.2 Å². The third-order valence-electron chi connectivity index (χ3n) is 6.64. The highest BCUT2D eigenvalue weighted by atomic mass is 19.4. The lowest BCUT2D eigenvalue weighted by molar-refractivity contribution is -0.274. The fourth-order valence-corrected chi connectivity index (χ4v) is 5.05. The molecular formula is C25H22F5NO5. The number of aliphatic carboxylic acids is 1. The van der Waals surface area contributed by atoms with Gasteiger partial charge in [0, 0.05) is 22.7 Å². The summed E-state index contributed by atoms with van der Waals surface area (Å²) in [5, 5.41) is 19.5. The van der Waals surface area contributed by atoms with E-state index in [9.17, 15) is 37.4 Å². The standard InChI is InChI=1S/C25H22F5NO5/c1-12-19(16(24(34)35)10-13-4-2-3-5-13)20-18(11-17(26)22(32)21(20)27)31(12)23(33)14-6-8-15(9-7-14)36-25(28,29)30/h6-9,11,13,16,32H,2-5,10H2,1H3,(H,34,35). The van der Waals surface area contributed by atoms with E-state index in [0.717, 1.165) is 60.6 Å². The van der Waals surface area contributed by atoms with Crippen molar-refractivity contribution in [2.24, 2.45) is 5.92 Å². The smallest absolute Gasteiger partial charge is 0.503 e. The second-order valence-electron chi connectivity index (χ2n) is 8.90. The first kappa shape index (κ1) is 25.5. The van der Waals surface area contributed by atoms with Gasteiger partial charge in [0.1, 0.15) is 5.75 Å². The highest BCUT2D eigenvalue weighted by molar-refractivity contribution is 6.05. The summed E-state index contributed by atoms with van der Waals surface area (Å²) in [7, 11) is 0. The topological polar surface area (TPSA) is 88.8 Å². The molecule has 0 aliphatic heterocycles. The molecular weight excluding hydrogens is 489 g/mol. The predicted molar refractivity (Wildman–Crippen MR) is 118 cm³/mol. The van der Waals surface area contributed by atoms with Gasteiger partial charge in [-0.1, -0.05) is 25.7 Å². The van der Waals surface area contributed by atoms with E-state index in [2.05, 4.69) is 4.74 Å². The SMILES string of the molecule is Cc1c(C(CC2CCCC2)C(=O)O)c2c(F)c(O)c(F)cc2n1C(=O)c1ccc(OC(F)(F)F)cc1. The summed E-state index contributed by atoms with van der Waals surface area (Å²) in [6.07, 6.45) is -1.29. The normalized spacial score (nSPS) is 15.4. The van der Waals surface area contributed by atoms with Crippen molar-refractivity contribution in [3.63, 3.8) is 0 Å². The lowest BCUT2D eigenvalue weighted by Gasteiger charge is -2.18. The lowest BCUT2D eigenvalue weighted by Crippen LogP contribution is -2.18. The Kier molecular flexibility index (Phi) is 6.68. The third-order valence-corrected chi connectivity index (χ3v) is 6.64. The van der Waals surface area contributed by atoms with Crippen molar-refractivity contribution in [1.29, 1.82) is 0 Å². The molecule has 1 aliphatic carbocycles. The van der Waals surface area contributed by atoms with Gasteiger partial charge in [0.15, 0.2) is 17.4 Å². The number of nitrogens with zero attached hydrogens (tertiary/aromatic N) is 1. The van der Waals surface area contributed by atoms with Crippen molar-refractivity contribution < 1.29 is 46.5 Å². The Morgan fingerprint density at radius 2 is 1.75 bits per heavy atom. The number of carboxylic acid groups (broad SMARTS) is 1. The van der Waals surface area contributed by atoms with E-state index >= 15 is 4.39 Å². The summed E-state index contributed by atoms with van der Waals surface area (Å²) in [5.41, 5.74) is -0.455. The number of aromatic hydroxyl groups is 1. The van der Waals surface area contributed by atoms with Gasteiger partial charge in [0.2, 0.25) is 0 Å². The first-order valence-electron chi connectivity index (χ1n) is 11.2. The summed E-state index contributed by atoms with van der Waals surface area (Å²) in [5.74, 6) is -7.88. The molecule has 11 heteroatoms. The van der Waals surface area contributed by atoms with Crippen LogP contribution in [0.3, 0.4) is 0 Å². The minimum Gasteiger partial charge on any atom is -0.503 e. The van der Waals surface area contributed by atoms with Crippen LogP contribution in [-0.2, 0) is 4.79 Å². The summed E-state index contributed by atoms with van der Waals surface area (Å²) >= 11 is 0. The molecule has 36 heavy (non-hydrogen) atoms. The average Bonchev–Trinajstić information content (AvgIpc) is 3.40. The fraction of sp³-hybridized carbons (Fsp3) is 0.360. The first-order chi connectivity index (χ1) is 16.9. The van der Waals surface area contributed by atoms with Crippen molar-refractivity contribution in [3.05, 3.63) is 58.8 Å². The quantitative estimate of drug-likeness (QED) is 0.381. The number of rotatable bonds is 6. The number of carboxylic acids is 1. The highest BCUT2D eigenvalue weighted by Gasteiger charge is 2.35. The van der Waals surface area contributed by atoms with Gasteiger partial charge in [0.05, 0.1) is 11.4 Å². The van der Waals surface area contributed by atoms with Crippen molar-refractivity contribution in [3.8, 4) is 11.5 Å². The Morgan fingerprint density at radius 1 is 1.14 bits per heavy atom. The molecule has 0 amide bonds. The maximum Gasteiger partial charge on any atom is 0.573 e. The zero-order valence-electron chi connectivity index (χ0n) is 19.0. The third kappa shape index (κ3) is 4.74. The molecule has 3 aromatic rings. The van der Waals surface area contributed by atoms with E-state index in [1.54, 1.807) is 0 Å². The van der Waals surface area contributed by atoms with Crippen LogP contribution >= 0.6 is 0 Å². The number of hydrogen-bond donors (Lipinski definition) is 2. The molecule has 1 unspecified atom stereocenters. The van der Waals surface area contributed by atoms with Crippen molar-refractivity contribution >= 4 is 22.8 Å². The fourth-order valence-electron chi connectivity index (χ4n) is 5.05. The molecule has 1 atom stereocenters. The Morgan fingerprint density at radius 3 is 2.31 bits per heavy atom. The molecule has 1 fully saturated rings. The monoisotopic (exact) mass is 511 g/mol. The molecule has 0 radical (unpaired) electrons. The number of carbonyl (C=O) groups excluding carboxylic acids is 1. The van der Waals surface area contributed by atoms with Crippen LogP contribution in [0.2, 0.25) is 0 Å². The number of carbonyl (C=O) groups is 2. The van der Waals surface area contributed by atoms with E-state index in [1.807, 2.05) is 0 Å². The molecule has 1 aliphatic rings. The van der Waals surface area contributed by atoms with Gasteiger partial charge < -0.3 is 14.9 Å². The highest BCUT2D eigenvalue weighted by Crippen LogP contribution is 2.42. The van der Waals surface area contributed by atoms with E-state index in [0.29, 0.717) is 0 Å². The summed E-state index contributed by atoms with van der Waals surface area (Å²) in [6, 6.07) is 4.66. The maximum atomic E-state index is 15.2. The van der Waals surface area contributed by atoms with Crippen LogP contribution in [0.4, 0.5) is 22.0 Å². The number of ether oxygens (including phenoxy) is 1. The Balaban J connectivity index is 1.87. The molecule has 192 valence electrons. The molecule has 1 heterocycles. The van der Waals surface area contributed by atoms with E-state index in [4.69, 9.17) is 0 Å². The number of phenols is 1. The Labute approximate surface area is 201 Å². The van der Waals surface area contributed by atoms with E-state index < -0.39 is 47.3 Å². The van der Waals surface area contributed by atoms with Crippen molar-refractivity contribution in [2.45, 2.75) is 51.3 Å². The maximum absolute atomic E-state index is 15.2. The van der Waals surface area contributed by atoms with Gasteiger partial charge >= 0.3 is 12.3 Å². The van der Waals surface area contributed by atoms with Crippen molar-refractivity contribution in [2.75, 3.05) is 0 Å². The number of halogens is 5. The largest absolute Gasteiger partial charge is 0.573 e. The first-order valence-corrected chi connectivity index (χ1v) is 11.2. The molecule has 4 rings (SSSR count).